The molecule has 0 rings (SSSR count). The molecule has 0 aromatic rings. The fraction of sp³-hybridized carbons (Fsp3) is 0.375. The highest BCUT2D eigenvalue weighted by Gasteiger charge is 2.10. The van der Waals surface area contributed by atoms with Crippen LogP contribution in [0, 0.1) is 0 Å². The lowest BCUT2D eigenvalue weighted by Gasteiger charge is -1.98. The van der Waals surface area contributed by atoms with E-state index in [-0.39, 0.29) is 35.9 Å². The lowest BCUT2D eigenvalue weighted by molar-refractivity contribution is -0.158. The van der Waals surface area contributed by atoms with Crippen LogP contribution in [-0.4, -0.2) is 48.1 Å². The van der Waals surface area contributed by atoms with E-state index in [4.69, 9.17) is 0 Å². The predicted molar refractivity (Wildman–Crippen MR) is 51.1 cm³/mol. The molecular weight excluding hydrogens is 200 g/mol. The molecule has 0 aliphatic carbocycles. The highest BCUT2D eigenvalue weighted by Crippen LogP contribution is 1.95. The van der Waals surface area contributed by atoms with Gasteiger partial charge in [-0.25, -0.2) is 4.79 Å². The summed E-state index contributed by atoms with van der Waals surface area (Å²) in [6.07, 6.45) is 0.599. The van der Waals surface area contributed by atoms with Crippen LogP contribution >= 0.6 is 0 Å². The van der Waals surface area contributed by atoms with E-state index in [1.54, 1.807) is 0 Å². The van der Waals surface area contributed by atoms with Crippen molar-refractivity contribution in [1.82, 2.24) is 0 Å². The molecule has 0 aliphatic heterocycles. The zero-order chi connectivity index (χ0) is 10.3. The molecule has 0 heterocycles. The molecule has 5 nitrogen and oxygen atoms in total. The molecule has 76 valence electrons. The number of ether oxygens (including phenoxy) is 2. The highest BCUT2D eigenvalue weighted by atomic mass is 24.3. The summed E-state index contributed by atoms with van der Waals surface area (Å²) < 4.78 is 8.47. The number of carbonyl (C=O) groups excluding carboxylic acids is 3. The van der Waals surface area contributed by atoms with Gasteiger partial charge in [0, 0.05) is 6.08 Å². The summed E-state index contributed by atoms with van der Waals surface area (Å²) >= 11 is 0. The average molecular weight is 212 g/mol. The molecule has 0 N–H and O–H groups in total. The van der Waals surface area contributed by atoms with Gasteiger partial charge in [0.05, 0.1) is 20.0 Å². The van der Waals surface area contributed by atoms with Gasteiger partial charge in [0.25, 0.3) is 0 Å². The van der Waals surface area contributed by atoms with Gasteiger partial charge in [-0.15, -0.1) is 0 Å². The van der Waals surface area contributed by atoms with E-state index in [9.17, 15) is 14.4 Å². The average Bonchev–Trinajstić information content (AvgIpc) is 2.13. The molecule has 0 aromatic heterocycles. The van der Waals surface area contributed by atoms with Crippen molar-refractivity contribution in [2.45, 2.75) is 12.8 Å². The van der Waals surface area contributed by atoms with Gasteiger partial charge >= 0.3 is 41.0 Å². The van der Waals surface area contributed by atoms with Crippen molar-refractivity contribution in [3.8, 4) is 0 Å². The minimum Gasteiger partial charge on any atom is -0.469 e. The minimum atomic E-state index is -0.824. The molecule has 0 aromatic carbocycles. The Morgan fingerprint density at radius 2 is 1.71 bits per heavy atom. The van der Waals surface area contributed by atoms with Gasteiger partial charge in [0.15, 0.2) is 0 Å². The second kappa shape index (κ2) is 8.70. The highest BCUT2D eigenvalue weighted by molar-refractivity contribution is 5.92. The Morgan fingerprint density at radius 1 is 1.21 bits per heavy atom. The Hall–Kier alpha value is -0.884. The third kappa shape index (κ3) is 7.75. The van der Waals surface area contributed by atoms with Crippen molar-refractivity contribution in [2.24, 2.45) is 0 Å². The van der Waals surface area contributed by atoms with Gasteiger partial charge in [-0.2, -0.15) is 0 Å². The topological polar surface area (TPSA) is 69.7 Å². The normalized spacial score (nSPS) is 8.07. The van der Waals surface area contributed by atoms with Crippen LogP contribution in [0.1, 0.15) is 12.8 Å². The van der Waals surface area contributed by atoms with Crippen LogP contribution in [0.25, 0.3) is 0 Å². The predicted octanol–water partition coefficient (Wildman–Crippen LogP) is -0.721. The third-order valence-corrected chi connectivity index (χ3v) is 1.14. The first kappa shape index (κ1) is 15.6. The summed E-state index contributed by atoms with van der Waals surface area (Å²) in [6, 6.07) is 0. The summed E-state index contributed by atoms with van der Waals surface area (Å²) in [6.45, 7) is 3.11. The number of rotatable bonds is 4. The summed E-state index contributed by atoms with van der Waals surface area (Å²) in [5.74, 6) is -2.12. The maximum absolute atomic E-state index is 10.7. The van der Waals surface area contributed by atoms with Crippen LogP contribution in [0.15, 0.2) is 12.7 Å². The molecule has 0 saturated carbocycles. The molecule has 0 bridgehead atoms. The van der Waals surface area contributed by atoms with Crippen molar-refractivity contribution in [3.63, 3.8) is 0 Å². The number of esters is 3. The summed E-state index contributed by atoms with van der Waals surface area (Å²) in [7, 11) is 1.21. The fourth-order valence-electron chi connectivity index (χ4n) is 0.511. The van der Waals surface area contributed by atoms with Gasteiger partial charge in [-0.3, -0.25) is 9.59 Å². The Kier molecular flexibility index (Phi) is 9.69. The zero-order valence-corrected chi connectivity index (χ0v) is 7.24. The minimum absolute atomic E-state index is 0. The molecule has 0 fully saturated rings. The van der Waals surface area contributed by atoms with E-state index in [0.717, 1.165) is 6.08 Å². The third-order valence-electron chi connectivity index (χ3n) is 1.14. The van der Waals surface area contributed by atoms with E-state index in [2.05, 4.69) is 16.1 Å². The lowest BCUT2D eigenvalue weighted by atomic mass is 10.3. The van der Waals surface area contributed by atoms with E-state index in [1.165, 1.54) is 7.11 Å². The summed E-state index contributed by atoms with van der Waals surface area (Å²) in [5.41, 5.74) is 0. The number of carbonyl (C=O) groups is 3. The van der Waals surface area contributed by atoms with Crippen molar-refractivity contribution in [1.29, 1.82) is 0 Å². The largest absolute Gasteiger partial charge is 0.469 e. The zero-order valence-electron chi connectivity index (χ0n) is 7.24. The molecule has 0 radical (unpaired) electrons. The number of hydrogen-bond donors (Lipinski definition) is 0. The van der Waals surface area contributed by atoms with Crippen LogP contribution in [0.2, 0.25) is 0 Å². The van der Waals surface area contributed by atoms with Crippen LogP contribution in [0.4, 0.5) is 0 Å². The van der Waals surface area contributed by atoms with Crippen LogP contribution in [0.5, 0.6) is 0 Å². The van der Waals surface area contributed by atoms with Crippen molar-refractivity contribution in [3.05, 3.63) is 12.7 Å². The smallest absolute Gasteiger partial charge is 0.337 e. The lowest BCUT2D eigenvalue weighted by Crippen LogP contribution is -2.12. The maximum Gasteiger partial charge on any atom is 0.337 e. The van der Waals surface area contributed by atoms with Crippen LogP contribution in [-0.2, 0) is 23.9 Å². The first-order valence-corrected chi connectivity index (χ1v) is 3.54. The standard InChI is InChI=1S/C8H10O5.Mg.2H/c1-3-6(9)13-8(11)5-4-7(10)12-2;;;/h3H,1,4-5H2,2H3;;;. The Bertz CT molecular complexity index is 236. The monoisotopic (exact) mass is 212 g/mol. The van der Waals surface area contributed by atoms with Gasteiger partial charge in [0.1, 0.15) is 0 Å². The van der Waals surface area contributed by atoms with Gasteiger partial charge in [-0.05, 0) is 0 Å². The molecule has 0 unspecified atom stereocenters. The second-order valence-corrected chi connectivity index (χ2v) is 2.07. The van der Waals surface area contributed by atoms with E-state index in [0.29, 0.717) is 0 Å². The summed E-state index contributed by atoms with van der Waals surface area (Å²) in [5, 5.41) is 0. The first-order chi connectivity index (χ1) is 6.10. The molecule has 0 saturated heterocycles. The van der Waals surface area contributed by atoms with E-state index < -0.39 is 17.9 Å². The quantitative estimate of drug-likeness (QED) is 0.266. The molecule has 14 heavy (non-hydrogen) atoms. The van der Waals surface area contributed by atoms with Gasteiger partial charge in [0.2, 0.25) is 0 Å². The molecule has 6 heteroatoms. The molecule has 0 atom stereocenters. The molecular formula is C8H12MgO5. The van der Waals surface area contributed by atoms with Crippen molar-refractivity contribution >= 4 is 41.0 Å². The van der Waals surface area contributed by atoms with Gasteiger partial charge < -0.3 is 9.47 Å². The Morgan fingerprint density at radius 3 is 2.14 bits per heavy atom. The molecule has 0 spiro atoms. The molecule has 0 aliphatic rings. The Balaban J connectivity index is 0. The van der Waals surface area contributed by atoms with E-state index >= 15 is 0 Å². The van der Waals surface area contributed by atoms with Crippen LogP contribution in [0.3, 0.4) is 0 Å². The molecule has 0 amide bonds. The summed E-state index contributed by atoms with van der Waals surface area (Å²) in [4.78, 5) is 31.7. The number of methoxy groups -OCH3 is 1. The SMILES string of the molecule is C=CC(=O)OC(=O)CCC(=O)OC.[MgH2]. The van der Waals surface area contributed by atoms with Crippen LogP contribution < -0.4 is 0 Å². The first-order valence-electron chi connectivity index (χ1n) is 3.54. The Labute approximate surface area is 97.6 Å². The number of hydrogen-bond acceptors (Lipinski definition) is 5. The fourth-order valence-corrected chi connectivity index (χ4v) is 0.511. The van der Waals surface area contributed by atoms with Crippen molar-refractivity contribution < 1.29 is 23.9 Å². The maximum atomic E-state index is 10.7. The van der Waals surface area contributed by atoms with Crippen molar-refractivity contribution in [2.75, 3.05) is 7.11 Å². The second-order valence-electron chi connectivity index (χ2n) is 2.07. The van der Waals surface area contributed by atoms with E-state index in [1.807, 2.05) is 0 Å². The van der Waals surface area contributed by atoms with Gasteiger partial charge in [-0.1, -0.05) is 6.58 Å².